The number of carbonyl (C=O) groups excluding carboxylic acids is 2. The number of carbonyl (C=O) groups is 2. The van der Waals surface area contributed by atoms with Gasteiger partial charge in [0.1, 0.15) is 5.75 Å². The molecule has 0 fully saturated rings. The minimum atomic E-state index is -0.961. The molecule has 128 valence electrons. The first-order valence-electron chi connectivity index (χ1n) is 8.70. The monoisotopic (exact) mass is 320 g/mol. The highest BCUT2D eigenvalue weighted by Gasteiger charge is 2.12. The van der Waals surface area contributed by atoms with Crippen molar-refractivity contribution < 1.29 is 19.1 Å². The van der Waals surface area contributed by atoms with Crippen LogP contribution in [0.1, 0.15) is 71.1 Å². The van der Waals surface area contributed by atoms with Crippen molar-refractivity contribution in [3.63, 3.8) is 0 Å². The van der Waals surface area contributed by atoms with Crippen molar-refractivity contribution in [1.29, 1.82) is 0 Å². The largest absolute Gasteiger partial charge is 0.521 e. The van der Waals surface area contributed by atoms with Crippen molar-refractivity contribution in [2.24, 2.45) is 0 Å². The van der Waals surface area contributed by atoms with Crippen molar-refractivity contribution in [2.75, 3.05) is 0 Å². The number of ether oxygens (including phenoxy) is 2. The van der Waals surface area contributed by atoms with Crippen LogP contribution in [0.5, 0.6) is 5.75 Å². The maximum absolute atomic E-state index is 11.5. The van der Waals surface area contributed by atoms with E-state index in [1.165, 1.54) is 38.5 Å². The maximum Gasteiger partial charge on any atom is 0.521 e. The van der Waals surface area contributed by atoms with Gasteiger partial charge >= 0.3 is 12.1 Å². The maximum atomic E-state index is 11.5. The van der Waals surface area contributed by atoms with E-state index in [1.807, 2.05) is 6.07 Å². The molecule has 0 unspecified atom stereocenters. The molecule has 0 aliphatic heterocycles. The molecule has 0 N–H and O–H groups in total. The minimum Gasteiger partial charge on any atom is -0.395 e. The molecular weight excluding hydrogens is 292 g/mol. The van der Waals surface area contributed by atoms with Crippen LogP contribution in [0, 0.1) is 0 Å². The van der Waals surface area contributed by atoms with Crippen LogP contribution in [-0.4, -0.2) is 12.1 Å². The molecule has 0 aromatic heterocycles. The summed E-state index contributed by atoms with van der Waals surface area (Å²) < 4.78 is 9.52. The summed E-state index contributed by atoms with van der Waals surface area (Å²) in [5, 5.41) is 0. The van der Waals surface area contributed by atoms with Crippen LogP contribution in [0.25, 0.3) is 0 Å². The minimum absolute atomic E-state index is 0.264. The molecule has 1 aromatic carbocycles. The lowest BCUT2D eigenvalue weighted by Gasteiger charge is -2.04. The highest BCUT2D eigenvalue weighted by molar-refractivity contribution is 5.82. The quantitative estimate of drug-likeness (QED) is 0.229. The van der Waals surface area contributed by atoms with Gasteiger partial charge in [0.15, 0.2) is 0 Å². The third kappa shape index (κ3) is 10.5. The Bertz CT molecular complexity index is 442. The SMILES string of the molecule is CCCCCCCCCCCC(=O)OC(=O)Oc1ccccc1. The first kappa shape index (κ1) is 19.2. The van der Waals surface area contributed by atoms with Crippen LogP contribution in [0.3, 0.4) is 0 Å². The van der Waals surface area contributed by atoms with Crippen LogP contribution in [-0.2, 0) is 9.53 Å². The summed E-state index contributed by atoms with van der Waals surface area (Å²) in [5.41, 5.74) is 0. The number of rotatable bonds is 11. The van der Waals surface area contributed by atoms with Gasteiger partial charge in [-0.1, -0.05) is 76.5 Å². The standard InChI is InChI=1S/C19H28O4/c1-2-3-4-5-6-7-8-9-13-16-18(20)23-19(21)22-17-14-11-10-12-15-17/h10-12,14-15H,2-9,13,16H2,1H3. The lowest BCUT2D eigenvalue weighted by Crippen LogP contribution is -2.16. The predicted octanol–water partition coefficient (Wildman–Crippen LogP) is 5.65. The average Bonchev–Trinajstić information content (AvgIpc) is 2.54. The van der Waals surface area contributed by atoms with E-state index in [2.05, 4.69) is 11.7 Å². The first-order chi connectivity index (χ1) is 11.2. The third-order valence-corrected chi connectivity index (χ3v) is 3.63. The van der Waals surface area contributed by atoms with E-state index in [1.54, 1.807) is 24.3 Å². The van der Waals surface area contributed by atoms with E-state index < -0.39 is 12.1 Å². The van der Waals surface area contributed by atoms with Gasteiger partial charge in [-0.25, -0.2) is 4.79 Å². The molecule has 0 heterocycles. The molecule has 0 atom stereocenters. The lowest BCUT2D eigenvalue weighted by atomic mass is 10.1. The number of hydrogen-bond acceptors (Lipinski definition) is 4. The topological polar surface area (TPSA) is 52.6 Å². The van der Waals surface area contributed by atoms with Gasteiger partial charge in [-0.05, 0) is 18.6 Å². The van der Waals surface area contributed by atoms with Crippen molar-refractivity contribution in [2.45, 2.75) is 71.1 Å². The Morgan fingerprint density at radius 1 is 0.826 bits per heavy atom. The molecule has 0 amide bonds. The van der Waals surface area contributed by atoms with E-state index in [0.717, 1.165) is 19.3 Å². The number of benzene rings is 1. The summed E-state index contributed by atoms with van der Waals surface area (Å²) in [6.45, 7) is 2.22. The fraction of sp³-hybridized carbons (Fsp3) is 0.579. The number of esters is 1. The van der Waals surface area contributed by atoms with Crippen molar-refractivity contribution in [3.8, 4) is 5.75 Å². The average molecular weight is 320 g/mol. The zero-order chi connectivity index (χ0) is 16.8. The van der Waals surface area contributed by atoms with Crippen LogP contribution in [0.2, 0.25) is 0 Å². The summed E-state index contributed by atoms with van der Waals surface area (Å²) in [7, 11) is 0. The van der Waals surface area contributed by atoms with Gasteiger partial charge in [-0.15, -0.1) is 0 Å². The summed E-state index contributed by atoms with van der Waals surface area (Å²) >= 11 is 0. The second-order valence-corrected chi connectivity index (χ2v) is 5.72. The van der Waals surface area contributed by atoms with E-state index in [9.17, 15) is 9.59 Å². The first-order valence-corrected chi connectivity index (χ1v) is 8.70. The highest BCUT2D eigenvalue weighted by Crippen LogP contribution is 2.12. The zero-order valence-corrected chi connectivity index (χ0v) is 14.1. The van der Waals surface area contributed by atoms with Crippen molar-refractivity contribution in [3.05, 3.63) is 30.3 Å². The molecule has 0 radical (unpaired) electrons. The smallest absolute Gasteiger partial charge is 0.395 e. The van der Waals surface area contributed by atoms with E-state index >= 15 is 0 Å². The fourth-order valence-electron chi connectivity index (χ4n) is 2.33. The molecule has 1 aromatic rings. The van der Waals surface area contributed by atoms with Gasteiger partial charge in [0.2, 0.25) is 0 Å². The molecule has 23 heavy (non-hydrogen) atoms. The van der Waals surface area contributed by atoms with Gasteiger partial charge in [0.25, 0.3) is 0 Å². The highest BCUT2D eigenvalue weighted by atomic mass is 16.7. The second-order valence-electron chi connectivity index (χ2n) is 5.72. The Morgan fingerprint density at radius 3 is 2.00 bits per heavy atom. The Morgan fingerprint density at radius 2 is 1.39 bits per heavy atom. The Kier molecular flexibility index (Phi) is 10.6. The van der Waals surface area contributed by atoms with E-state index in [4.69, 9.17) is 4.74 Å². The van der Waals surface area contributed by atoms with Crippen LogP contribution in [0.4, 0.5) is 4.79 Å². The van der Waals surface area contributed by atoms with Crippen molar-refractivity contribution >= 4 is 12.1 Å². The van der Waals surface area contributed by atoms with Crippen LogP contribution >= 0.6 is 0 Å². The van der Waals surface area contributed by atoms with Gasteiger partial charge in [0.05, 0.1) is 0 Å². The van der Waals surface area contributed by atoms with E-state index in [-0.39, 0.29) is 6.42 Å². The molecule has 0 saturated heterocycles. The molecular formula is C19H28O4. The van der Waals surface area contributed by atoms with Crippen LogP contribution in [0.15, 0.2) is 30.3 Å². The van der Waals surface area contributed by atoms with Crippen molar-refractivity contribution in [1.82, 2.24) is 0 Å². The number of hydrogen-bond donors (Lipinski definition) is 0. The molecule has 1 rings (SSSR count). The Balaban J connectivity index is 1.98. The Hall–Kier alpha value is -1.84. The molecule has 0 bridgehead atoms. The molecule has 4 nitrogen and oxygen atoms in total. The number of para-hydroxylation sites is 1. The summed E-state index contributed by atoms with van der Waals surface area (Å²) in [4.78, 5) is 22.9. The number of unbranched alkanes of at least 4 members (excludes halogenated alkanes) is 8. The van der Waals surface area contributed by atoms with Gasteiger partial charge in [-0.3, -0.25) is 4.79 Å². The van der Waals surface area contributed by atoms with Crippen LogP contribution < -0.4 is 4.74 Å². The molecule has 0 spiro atoms. The third-order valence-electron chi connectivity index (χ3n) is 3.63. The van der Waals surface area contributed by atoms with Gasteiger partial charge in [0, 0.05) is 6.42 Å². The summed E-state index contributed by atoms with van der Waals surface area (Å²) in [6.07, 6.45) is 9.91. The zero-order valence-electron chi connectivity index (χ0n) is 14.1. The Labute approximate surface area is 139 Å². The normalized spacial score (nSPS) is 10.3. The van der Waals surface area contributed by atoms with Gasteiger partial charge < -0.3 is 9.47 Å². The summed E-state index contributed by atoms with van der Waals surface area (Å²) in [5.74, 6) is -0.151. The van der Waals surface area contributed by atoms with E-state index in [0.29, 0.717) is 5.75 Å². The summed E-state index contributed by atoms with van der Waals surface area (Å²) in [6, 6.07) is 8.56. The predicted molar refractivity (Wildman–Crippen MR) is 90.4 cm³/mol. The second kappa shape index (κ2) is 12.7. The fourth-order valence-corrected chi connectivity index (χ4v) is 2.33. The molecule has 0 aliphatic carbocycles. The molecule has 4 heteroatoms. The van der Waals surface area contributed by atoms with Gasteiger partial charge in [-0.2, -0.15) is 0 Å². The lowest BCUT2D eigenvalue weighted by molar-refractivity contribution is -0.138. The molecule has 0 aliphatic rings. The molecule has 0 saturated carbocycles.